The van der Waals surface area contributed by atoms with Crippen molar-refractivity contribution < 1.29 is 8.42 Å². The van der Waals surface area contributed by atoms with Gasteiger partial charge in [-0.3, -0.25) is 9.71 Å². The summed E-state index contributed by atoms with van der Waals surface area (Å²) in [6, 6.07) is 1.50. The standard InChI is InChI=1S/C9H16N4O2S/c1-7(2)5-12-16(14,15)13-9-3-4-11-6-8(9)10/h3-4,6-7,12H,5,10H2,1-2H3,(H,11,13). The van der Waals surface area contributed by atoms with Crippen LogP contribution in [0.25, 0.3) is 0 Å². The Hall–Kier alpha value is -1.34. The minimum atomic E-state index is -3.56. The summed E-state index contributed by atoms with van der Waals surface area (Å²) in [5.41, 5.74) is 6.18. The van der Waals surface area contributed by atoms with Crippen LogP contribution in [0.2, 0.25) is 0 Å². The first-order chi connectivity index (χ1) is 7.41. The molecule has 7 heteroatoms. The van der Waals surface area contributed by atoms with Crippen LogP contribution >= 0.6 is 0 Å². The molecule has 0 spiro atoms. The molecule has 0 unspecified atom stereocenters. The van der Waals surface area contributed by atoms with Gasteiger partial charge in [0, 0.05) is 12.7 Å². The highest BCUT2D eigenvalue weighted by molar-refractivity contribution is 7.90. The summed E-state index contributed by atoms with van der Waals surface area (Å²) < 4.78 is 27.9. The fourth-order valence-corrected chi connectivity index (χ4v) is 2.06. The second kappa shape index (κ2) is 5.13. The van der Waals surface area contributed by atoms with Crippen molar-refractivity contribution in [3.05, 3.63) is 18.5 Å². The first-order valence-electron chi connectivity index (χ1n) is 4.87. The maximum absolute atomic E-state index is 11.6. The van der Waals surface area contributed by atoms with Crippen molar-refractivity contribution in [3.8, 4) is 0 Å². The van der Waals surface area contributed by atoms with Gasteiger partial charge in [-0.25, -0.2) is 0 Å². The topological polar surface area (TPSA) is 97.1 Å². The summed E-state index contributed by atoms with van der Waals surface area (Å²) in [7, 11) is -3.56. The molecule has 0 saturated heterocycles. The summed E-state index contributed by atoms with van der Waals surface area (Å²) in [6.07, 6.45) is 2.86. The van der Waals surface area contributed by atoms with E-state index in [1.807, 2.05) is 13.8 Å². The molecular weight excluding hydrogens is 228 g/mol. The fraction of sp³-hybridized carbons (Fsp3) is 0.444. The van der Waals surface area contributed by atoms with E-state index in [0.717, 1.165) is 0 Å². The SMILES string of the molecule is CC(C)CNS(=O)(=O)Nc1ccncc1N. The number of anilines is 2. The van der Waals surface area contributed by atoms with Gasteiger partial charge < -0.3 is 5.73 Å². The van der Waals surface area contributed by atoms with Crippen LogP contribution in [-0.4, -0.2) is 19.9 Å². The van der Waals surface area contributed by atoms with Gasteiger partial charge in [-0.05, 0) is 12.0 Å². The number of pyridine rings is 1. The number of hydrogen-bond acceptors (Lipinski definition) is 4. The predicted molar refractivity (Wildman–Crippen MR) is 64.0 cm³/mol. The quantitative estimate of drug-likeness (QED) is 0.705. The van der Waals surface area contributed by atoms with E-state index in [2.05, 4.69) is 14.4 Å². The number of nitrogens with two attached hydrogens (primary N) is 1. The lowest BCUT2D eigenvalue weighted by molar-refractivity contribution is 0.565. The number of hydrogen-bond donors (Lipinski definition) is 3. The zero-order valence-corrected chi connectivity index (χ0v) is 10.1. The Bertz CT molecular complexity index is 445. The first kappa shape index (κ1) is 12.7. The van der Waals surface area contributed by atoms with E-state index in [9.17, 15) is 8.42 Å². The van der Waals surface area contributed by atoms with E-state index in [4.69, 9.17) is 5.73 Å². The molecular formula is C9H16N4O2S. The molecule has 0 bridgehead atoms. The molecule has 1 heterocycles. The highest BCUT2D eigenvalue weighted by Crippen LogP contribution is 2.16. The molecule has 4 N–H and O–H groups in total. The van der Waals surface area contributed by atoms with Crippen molar-refractivity contribution in [2.45, 2.75) is 13.8 Å². The Morgan fingerprint density at radius 3 is 2.75 bits per heavy atom. The molecule has 0 aliphatic heterocycles. The molecule has 0 atom stereocenters. The lowest BCUT2D eigenvalue weighted by atomic mass is 10.2. The number of nitrogen functional groups attached to an aromatic ring is 1. The smallest absolute Gasteiger partial charge is 0.299 e. The monoisotopic (exact) mass is 244 g/mol. The van der Waals surface area contributed by atoms with E-state index < -0.39 is 10.2 Å². The molecule has 0 amide bonds. The van der Waals surface area contributed by atoms with Crippen molar-refractivity contribution in [2.24, 2.45) is 5.92 Å². The van der Waals surface area contributed by atoms with Crippen LogP contribution in [0.5, 0.6) is 0 Å². The van der Waals surface area contributed by atoms with Gasteiger partial charge in [0.05, 0.1) is 17.6 Å². The lowest BCUT2D eigenvalue weighted by Gasteiger charge is -2.11. The Balaban J connectivity index is 2.70. The van der Waals surface area contributed by atoms with Crippen molar-refractivity contribution in [1.29, 1.82) is 0 Å². The maximum Gasteiger partial charge on any atom is 0.299 e. The second-order valence-electron chi connectivity index (χ2n) is 3.81. The minimum absolute atomic E-state index is 0.242. The van der Waals surface area contributed by atoms with Gasteiger partial charge in [-0.15, -0.1) is 0 Å². The number of nitrogens with zero attached hydrogens (tertiary/aromatic N) is 1. The van der Waals surface area contributed by atoms with Crippen molar-refractivity contribution in [3.63, 3.8) is 0 Å². The molecule has 1 aromatic heterocycles. The van der Waals surface area contributed by atoms with E-state index in [1.165, 1.54) is 18.5 Å². The Morgan fingerprint density at radius 1 is 1.50 bits per heavy atom. The fourth-order valence-electron chi connectivity index (χ4n) is 0.957. The van der Waals surface area contributed by atoms with Crippen molar-refractivity contribution >= 4 is 21.6 Å². The van der Waals surface area contributed by atoms with Gasteiger partial charge in [0.2, 0.25) is 0 Å². The normalized spacial score (nSPS) is 11.7. The largest absolute Gasteiger partial charge is 0.396 e. The molecule has 0 saturated carbocycles. The molecule has 16 heavy (non-hydrogen) atoms. The Kier molecular flexibility index (Phi) is 4.08. The van der Waals surface area contributed by atoms with Crippen molar-refractivity contribution in [2.75, 3.05) is 17.0 Å². The van der Waals surface area contributed by atoms with Crippen molar-refractivity contribution in [1.82, 2.24) is 9.71 Å². The molecule has 0 fully saturated rings. The molecule has 0 aliphatic carbocycles. The summed E-state index contributed by atoms with van der Waals surface area (Å²) in [5.74, 6) is 0.242. The molecule has 1 rings (SSSR count). The van der Waals surface area contributed by atoms with Gasteiger partial charge in [0.1, 0.15) is 0 Å². The van der Waals surface area contributed by atoms with Crippen LogP contribution in [0.15, 0.2) is 18.5 Å². The average molecular weight is 244 g/mol. The Labute approximate surface area is 95.4 Å². The summed E-state index contributed by atoms with van der Waals surface area (Å²) >= 11 is 0. The van der Waals surface area contributed by atoms with Crippen LogP contribution in [0.1, 0.15) is 13.8 Å². The van der Waals surface area contributed by atoms with Gasteiger partial charge in [-0.1, -0.05) is 13.8 Å². The van der Waals surface area contributed by atoms with E-state index >= 15 is 0 Å². The average Bonchev–Trinajstić information content (AvgIpc) is 2.19. The van der Waals surface area contributed by atoms with Crippen LogP contribution < -0.4 is 15.2 Å². The predicted octanol–water partition coefficient (Wildman–Crippen LogP) is 0.566. The van der Waals surface area contributed by atoms with Gasteiger partial charge >= 0.3 is 0 Å². The maximum atomic E-state index is 11.6. The molecule has 90 valence electrons. The number of rotatable bonds is 5. The molecule has 0 aliphatic rings. The van der Waals surface area contributed by atoms with Crippen LogP contribution in [0, 0.1) is 5.92 Å². The van der Waals surface area contributed by atoms with E-state index in [-0.39, 0.29) is 11.6 Å². The van der Waals surface area contributed by atoms with Crippen LogP contribution in [-0.2, 0) is 10.2 Å². The highest BCUT2D eigenvalue weighted by atomic mass is 32.2. The highest BCUT2D eigenvalue weighted by Gasteiger charge is 2.11. The molecule has 6 nitrogen and oxygen atoms in total. The third-order valence-corrected chi connectivity index (χ3v) is 2.81. The zero-order chi connectivity index (χ0) is 12.2. The van der Waals surface area contributed by atoms with E-state index in [1.54, 1.807) is 0 Å². The number of nitrogens with one attached hydrogen (secondary N) is 2. The number of aromatic nitrogens is 1. The van der Waals surface area contributed by atoms with Crippen LogP contribution in [0.4, 0.5) is 11.4 Å². The summed E-state index contributed by atoms with van der Waals surface area (Å²) in [6.45, 7) is 4.22. The van der Waals surface area contributed by atoms with Gasteiger partial charge in [-0.2, -0.15) is 13.1 Å². The minimum Gasteiger partial charge on any atom is -0.396 e. The van der Waals surface area contributed by atoms with Gasteiger partial charge in [0.15, 0.2) is 0 Å². The molecule has 0 radical (unpaired) electrons. The lowest BCUT2D eigenvalue weighted by Crippen LogP contribution is -2.33. The third kappa shape index (κ3) is 4.03. The van der Waals surface area contributed by atoms with E-state index in [0.29, 0.717) is 12.2 Å². The molecule has 0 aromatic carbocycles. The van der Waals surface area contributed by atoms with Gasteiger partial charge in [0.25, 0.3) is 10.2 Å². The summed E-state index contributed by atoms with van der Waals surface area (Å²) in [4.78, 5) is 3.77. The van der Waals surface area contributed by atoms with Crippen LogP contribution in [0.3, 0.4) is 0 Å². The molecule has 1 aromatic rings. The third-order valence-electron chi connectivity index (χ3n) is 1.78. The summed E-state index contributed by atoms with van der Waals surface area (Å²) in [5, 5.41) is 0. The zero-order valence-electron chi connectivity index (χ0n) is 9.27. The first-order valence-corrected chi connectivity index (χ1v) is 6.36. The Morgan fingerprint density at radius 2 is 2.19 bits per heavy atom. The second-order valence-corrected chi connectivity index (χ2v) is 5.31.